The zero-order valence-electron chi connectivity index (χ0n) is 11.2. The van der Waals surface area contributed by atoms with Gasteiger partial charge in [-0.3, -0.25) is 0 Å². The maximum atomic E-state index is 13.2. The molecule has 1 aromatic carbocycles. The summed E-state index contributed by atoms with van der Waals surface area (Å²) >= 11 is 0. The minimum atomic E-state index is -1.77. The van der Waals surface area contributed by atoms with Crippen molar-refractivity contribution >= 4 is 12.6 Å². The third-order valence-corrected chi connectivity index (χ3v) is 3.20. The highest BCUT2D eigenvalue weighted by Gasteiger charge is 2.40. The maximum Gasteiger partial charge on any atom is 0.495 e. The van der Waals surface area contributed by atoms with Crippen molar-refractivity contribution in [3.63, 3.8) is 0 Å². The van der Waals surface area contributed by atoms with E-state index in [1.54, 1.807) is 0 Å². The van der Waals surface area contributed by atoms with E-state index in [1.807, 2.05) is 0 Å². The molecule has 0 saturated heterocycles. The first-order valence-electron chi connectivity index (χ1n) is 5.72. The van der Waals surface area contributed by atoms with Crippen LogP contribution in [0.25, 0.3) is 0 Å². The summed E-state index contributed by atoms with van der Waals surface area (Å²) in [4.78, 5) is 0. The van der Waals surface area contributed by atoms with Crippen molar-refractivity contribution in [3.05, 3.63) is 23.8 Å². The van der Waals surface area contributed by atoms with Crippen LogP contribution in [0.15, 0.2) is 12.1 Å². The number of phenols is 1. The van der Waals surface area contributed by atoms with Gasteiger partial charge in [0.05, 0.1) is 11.2 Å². The Morgan fingerprint density at radius 1 is 1.16 bits per heavy atom. The Labute approximate surface area is 110 Å². The fourth-order valence-electron chi connectivity index (χ4n) is 1.26. The van der Waals surface area contributed by atoms with Crippen molar-refractivity contribution < 1.29 is 28.7 Å². The molecular formula is C12H17BF2O4. The van der Waals surface area contributed by atoms with Gasteiger partial charge in [0.25, 0.3) is 0 Å². The molecule has 0 amide bonds. The van der Waals surface area contributed by atoms with Crippen LogP contribution in [0.2, 0.25) is 0 Å². The van der Waals surface area contributed by atoms with Crippen LogP contribution in [0.4, 0.5) is 8.78 Å². The van der Waals surface area contributed by atoms with Crippen LogP contribution in [-0.2, 0) is 4.65 Å². The van der Waals surface area contributed by atoms with Crippen LogP contribution >= 0.6 is 0 Å². The quantitative estimate of drug-likeness (QED) is 0.714. The molecule has 106 valence electrons. The second-order valence-corrected chi connectivity index (χ2v) is 5.36. The molecule has 1 aromatic rings. The average Bonchev–Trinajstić information content (AvgIpc) is 2.20. The Morgan fingerprint density at radius 2 is 1.68 bits per heavy atom. The van der Waals surface area contributed by atoms with E-state index in [2.05, 4.69) is 0 Å². The molecule has 0 saturated carbocycles. The predicted molar refractivity (Wildman–Crippen MR) is 67.1 cm³/mol. The Kier molecular flexibility index (Phi) is 4.24. The number of hydrogen-bond donors (Lipinski definition) is 3. The lowest BCUT2D eigenvalue weighted by molar-refractivity contribution is -0.0983. The summed E-state index contributed by atoms with van der Waals surface area (Å²) in [5.41, 5.74) is -2.95. The minimum Gasteiger partial charge on any atom is -0.505 e. The zero-order chi connectivity index (χ0) is 15.0. The number of rotatable bonds is 4. The van der Waals surface area contributed by atoms with Crippen molar-refractivity contribution in [2.45, 2.75) is 38.9 Å². The molecule has 0 fully saturated rings. The molecule has 19 heavy (non-hydrogen) atoms. The summed E-state index contributed by atoms with van der Waals surface area (Å²) in [5, 5.41) is 29.1. The summed E-state index contributed by atoms with van der Waals surface area (Å²) in [6.07, 6.45) is 0. The van der Waals surface area contributed by atoms with Crippen LogP contribution in [0.5, 0.6) is 5.75 Å². The molecule has 0 radical (unpaired) electrons. The van der Waals surface area contributed by atoms with Gasteiger partial charge >= 0.3 is 7.12 Å². The molecular weight excluding hydrogens is 257 g/mol. The molecule has 1 rings (SSSR count). The highest BCUT2D eigenvalue weighted by Crippen LogP contribution is 2.26. The van der Waals surface area contributed by atoms with Gasteiger partial charge in [-0.05, 0) is 33.8 Å². The Morgan fingerprint density at radius 3 is 2.16 bits per heavy atom. The van der Waals surface area contributed by atoms with Crippen LogP contribution in [-0.4, -0.2) is 33.6 Å². The molecule has 0 aromatic heterocycles. The molecule has 0 atom stereocenters. The Hall–Kier alpha value is -1.18. The van der Waals surface area contributed by atoms with Gasteiger partial charge in [-0.25, -0.2) is 8.78 Å². The van der Waals surface area contributed by atoms with Gasteiger partial charge in [-0.1, -0.05) is 0 Å². The van der Waals surface area contributed by atoms with Gasteiger partial charge in [0.1, 0.15) is 5.82 Å². The normalized spacial score (nSPS) is 12.6. The van der Waals surface area contributed by atoms with E-state index in [0.29, 0.717) is 6.07 Å². The number of halogens is 2. The molecule has 0 aliphatic carbocycles. The van der Waals surface area contributed by atoms with E-state index in [-0.39, 0.29) is 0 Å². The zero-order valence-corrected chi connectivity index (χ0v) is 11.2. The molecule has 0 heterocycles. The molecule has 0 aliphatic rings. The molecule has 3 N–H and O–H groups in total. The number of aromatic hydroxyl groups is 1. The van der Waals surface area contributed by atoms with E-state index in [9.17, 15) is 24.0 Å². The number of hydrogen-bond acceptors (Lipinski definition) is 4. The lowest BCUT2D eigenvalue weighted by atomic mass is 9.76. The highest BCUT2D eigenvalue weighted by atomic mass is 19.1. The molecule has 7 heteroatoms. The summed E-state index contributed by atoms with van der Waals surface area (Å²) in [6, 6.07) is 1.26. The molecule has 0 bridgehead atoms. The van der Waals surface area contributed by atoms with Crippen LogP contribution < -0.4 is 5.46 Å². The second kappa shape index (κ2) is 5.07. The minimum absolute atomic E-state index is 0.435. The standard InChI is InChI=1S/C12H17BF2O4/c1-11(2,17)12(3,4)19-13(18)8-5-7(14)6-9(15)10(8)16/h5-6,16-18H,1-4H3. The summed E-state index contributed by atoms with van der Waals surface area (Å²) in [6.45, 7) is 5.93. The van der Waals surface area contributed by atoms with E-state index in [1.165, 1.54) is 27.7 Å². The third kappa shape index (κ3) is 3.43. The molecule has 0 aliphatic heterocycles. The average molecular weight is 274 g/mol. The summed E-state index contributed by atoms with van der Waals surface area (Å²) < 4.78 is 31.4. The summed E-state index contributed by atoms with van der Waals surface area (Å²) in [5.74, 6) is -3.03. The number of phenolic OH excluding ortho intramolecular Hbond substituents is 1. The first kappa shape index (κ1) is 15.9. The van der Waals surface area contributed by atoms with Gasteiger partial charge in [-0.15, -0.1) is 0 Å². The van der Waals surface area contributed by atoms with Crippen LogP contribution in [0.1, 0.15) is 27.7 Å². The van der Waals surface area contributed by atoms with Crippen molar-refractivity contribution in [2.75, 3.05) is 0 Å². The number of benzene rings is 1. The second-order valence-electron chi connectivity index (χ2n) is 5.36. The fourth-order valence-corrected chi connectivity index (χ4v) is 1.26. The van der Waals surface area contributed by atoms with Gasteiger partial charge in [-0.2, -0.15) is 0 Å². The molecule has 4 nitrogen and oxygen atoms in total. The summed E-state index contributed by atoms with van der Waals surface area (Å²) in [7, 11) is -1.77. The van der Waals surface area contributed by atoms with Crippen LogP contribution in [0, 0.1) is 11.6 Å². The van der Waals surface area contributed by atoms with Crippen molar-refractivity contribution in [1.82, 2.24) is 0 Å². The number of aliphatic hydroxyl groups is 1. The van der Waals surface area contributed by atoms with E-state index >= 15 is 0 Å². The topological polar surface area (TPSA) is 69.9 Å². The van der Waals surface area contributed by atoms with Gasteiger partial charge in [0.2, 0.25) is 0 Å². The van der Waals surface area contributed by atoms with E-state index < -0.39 is 41.2 Å². The van der Waals surface area contributed by atoms with E-state index in [0.717, 1.165) is 6.07 Å². The first-order valence-corrected chi connectivity index (χ1v) is 5.72. The molecule has 0 unspecified atom stereocenters. The van der Waals surface area contributed by atoms with Crippen molar-refractivity contribution in [1.29, 1.82) is 0 Å². The monoisotopic (exact) mass is 274 g/mol. The SMILES string of the molecule is CC(C)(O)C(C)(C)OB(O)c1cc(F)cc(F)c1O. The van der Waals surface area contributed by atoms with Crippen molar-refractivity contribution in [3.8, 4) is 5.75 Å². The lowest BCUT2D eigenvalue weighted by Gasteiger charge is -2.38. The third-order valence-electron chi connectivity index (χ3n) is 3.20. The Bertz CT molecular complexity index is 472. The fraction of sp³-hybridized carbons (Fsp3) is 0.500. The lowest BCUT2D eigenvalue weighted by Crippen LogP contribution is -2.53. The van der Waals surface area contributed by atoms with Gasteiger partial charge < -0.3 is 19.9 Å². The largest absolute Gasteiger partial charge is 0.505 e. The first-order chi connectivity index (χ1) is 8.45. The predicted octanol–water partition coefficient (Wildman–Crippen LogP) is 0.924. The van der Waals surface area contributed by atoms with Gasteiger partial charge in [0, 0.05) is 11.5 Å². The maximum absolute atomic E-state index is 13.2. The van der Waals surface area contributed by atoms with Gasteiger partial charge in [0.15, 0.2) is 11.6 Å². The van der Waals surface area contributed by atoms with Crippen LogP contribution in [0.3, 0.4) is 0 Å². The smallest absolute Gasteiger partial charge is 0.495 e. The van der Waals surface area contributed by atoms with E-state index in [4.69, 9.17) is 4.65 Å². The van der Waals surface area contributed by atoms with Crippen molar-refractivity contribution in [2.24, 2.45) is 0 Å². The Balaban J connectivity index is 3.06. The highest BCUT2D eigenvalue weighted by molar-refractivity contribution is 6.61. The molecule has 0 spiro atoms.